The molecule has 3 unspecified atom stereocenters. The first-order valence-corrected chi connectivity index (χ1v) is 9.68. The molecule has 3 atom stereocenters. The normalized spacial score (nSPS) is 25.5. The Morgan fingerprint density at radius 3 is 2.44 bits per heavy atom. The maximum absolute atomic E-state index is 6.33. The van der Waals surface area contributed by atoms with Gasteiger partial charge in [-0.05, 0) is 61.2 Å². The molecule has 2 aromatic rings. The molecule has 1 fully saturated rings. The molecular formula is C21H22BrNO2. The van der Waals surface area contributed by atoms with Crippen molar-refractivity contribution < 1.29 is 9.47 Å². The van der Waals surface area contributed by atoms with Gasteiger partial charge in [0, 0.05) is 16.0 Å². The fraction of sp³-hybridized carbons (Fsp3) is 0.381. The summed E-state index contributed by atoms with van der Waals surface area (Å²) in [4.78, 5) is 5.03. The second kappa shape index (κ2) is 7.20. The minimum absolute atomic E-state index is 0.171. The zero-order valence-electron chi connectivity index (χ0n) is 14.3. The van der Waals surface area contributed by atoms with Crippen LogP contribution in [0.15, 0.2) is 58.0 Å². The van der Waals surface area contributed by atoms with Crippen LogP contribution in [-0.2, 0) is 4.74 Å². The summed E-state index contributed by atoms with van der Waals surface area (Å²) in [6.07, 6.45) is 5.07. The van der Waals surface area contributed by atoms with Gasteiger partial charge in [0.1, 0.15) is 11.9 Å². The zero-order chi connectivity index (χ0) is 17.2. The third-order valence-corrected chi connectivity index (χ3v) is 5.76. The van der Waals surface area contributed by atoms with Crippen LogP contribution in [0, 0.1) is 5.92 Å². The van der Waals surface area contributed by atoms with Crippen LogP contribution < -0.4 is 4.74 Å². The lowest BCUT2D eigenvalue weighted by molar-refractivity contribution is 0.0501. The molecule has 1 aliphatic heterocycles. The molecular weight excluding hydrogens is 378 g/mol. The summed E-state index contributed by atoms with van der Waals surface area (Å²) in [5.74, 6) is 2.08. The van der Waals surface area contributed by atoms with Crippen molar-refractivity contribution in [1.29, 1.82) is 0 Å². The van der Waals surface area contributed by atoms with Gasteiger partial charge in [0.05, 0.1) is 13.2 Å². The van der Waals surface area contributed by atoms with Gasteiger partial charge < -0.3 is 9.47 Å². The van der Waals surface area contributed by atoms with Crippen molar-refractivity contribution in [3.8, 4) is 5.75 Å². The number of nitrogens with zero attached hydrogens (tertiary/aromatic N) is 1. The van der Waals surface area contributed by atoms with E-state index < -0.39 is 0 Å². The summed E-state index contributed by atoms with van der Waals surface area (Å²) in [6, 6.07) is 16.7. The highest BCUT2D eigenvalue weighted by Gasteiger charge is 2.38. The summed E-state index contributed by atoms with van der Waals surface area (Å²) < 4.78 is 12.7. The Labute approximate surface area is 157 Å². The van der Waals surface area contributed by atoms with Crippen molar-refractivity contribution in [2.45, 2.75) is 37.8 Å². The lowest BCUT2D eigenvalue weighted by atomic mass is 9.78. The van der Waals surface area contributed by atoms with Crippen molar-refractivity contribution >= 4 is 21.8 Å². The highest BCUT2D eigenvalue weighted by Crippen LogP contribution is 2.42. The van der Waals surface area contributed by atoms with Gasteiger partial charge in [-0.2, -0.15) is 0 Å². The molecule has 1 saturated carbocycles. The fourth-order valence-corrected chi connectivity index (χ4v) is 4.15. The molecule has 1 aliphatic carbocycles. The molecule has 0 saturated heterocycles. The number of methoxy groups -OCH3 is 1. The van der Waals surface area contributed by atoms with Gasteiger partial charge >= 0.3 is 0 Å². The van der Waals surface area contributed by atoms with E-state index in [9.17, 15) is 0 Å². The van der Waals surface area contributed by atoms with Crippen LogP contribution in [-0.4, -0.2) is 19.1 Å². The first kappa shape index (κ1) is 16.6. The smallest absolute Gasteiger partial charge is 0.216 e. The Hall–Kier alpha value is -1.81. The molecule has 2 aromatic carbocycles. The van der Waals surface area contributed by atoms with Crippen LogP contribution in [0.4, 0.5) is 0 Å². The van der Waals surface area contributed by atoms with Crippen molar-refractivity contribution in [3.05, 3.63) is 64.1 Å². The number of hydrogen-bond donors (Lipinski definition) is 0. The van der Waals surface area contributed by atoms with Gasteiger partial charge in [0.25, 0.3) is 0 Å². The SMILES string of the molecule is COc1ccc(C2=NC(c3ccc(Br)cc3)C3CCCCC3O2)cc1. The number of halogens is 1. The first-order chi connectivity index (χ1) is 12.2. The molecule has 4 rings (SSSR count). The topological polar surface area (TPSA) is 30.8 Å². The van der Waals surface area contributed by atoms with E-state index in [1.165, 1.54) is 24.8 Å². The number of fused-ring (bicyclic) bond motifs is 1. The van der Waals surface area contributed by atoms with Crippen molar-refractivity contribution in [2.75, 3.05) is 7.11 Å². The maximum Gasteiger partial charge on any atom is 0.216 e. The fourth-order valence-electron chi connectivity index (χ4n) is 3.89. The molecule has 0 aromatic heterocycles. The number of rotatable bonds is 3. The molecule has 0 bridgehead atoms. The lowest BCUT2D eigenvalue weighted by Gasteiger charge is -2.39. The van der Waals surface area contributed by atoms with E-state index in [0.717, 1.165) is 28.1 Å². The second-order valence-electron chi connectivity index (χ2n) is 6.76. The Bertz CT molecular complexity index is 754. The Morgan fingerprint density at radius 2 is 1.72 bits per heavy atom. The lowest BCUT2D eigenvalue weighted by Crippen LogP contribution is -2.38. The van der Waals surface area contributed by atoms with Gasteiger partial charge in [-0.25, -0.2) is 4.99 Å². The molecule has 130 valence electrons. The minimum Gasteiger partial charge on any atom is -0.497 e. The molecule has 2 aliphatic rings. The second-order valence-corrected chi connectivity index (χ2v) is 7.68. The summed E-state index contributed by atoms with van der Waals surface area (Å²) in [6.45, 7) is 0. The van der Waals surface area contributed by atoms with Crippen molar-refractivity contribution in [1.82, 2.24) is 0 Å². The van der Waals surface area contributed by atoms with Crippen LogP contribution in [0.1, 0.15) is 42.9 Å². The van der Waals surface area contributed by atoms with Gasteiger partial charge in [0.2, 0.25) is 5.90 Å². The maximum atomic E-state index is 6.33. The Morgan fingerprint density at radius 1 is 1.00 bits per heavy atom. The summed E-state index contributed by atoms with van der Waals surface area (Å²) >= 11 is 3.53. The quantitative estimate of drug-likeness (QED) is 0.678. The van der Waals surface area contributed by atoms with Crippen LogP contribution in [0.3, 0.4) is 0 Å². The standard InChI is InChI=1S/C21H22BrNO2/c1-24-17-12-8-15(9-13-17)21-23-20(14-6-10-16(22)11-7-14)18-4-2-3-5-19(18)25-21/h6-13,18-20H,2-5H2,1H3. The predicted octanol–water partition coefficient (Wildman–Crippen LogP) is 5.53. The van der Waals surface area contributed by atoms with E-state index in [2.05, 4.69) is 40.2 Å². The van der Waals surface area contributed by atoms with E-state index in [-0.39, 0.29) is 12.1 Å². The van der Waals surface area contributed by atoms with Crippen molar-refractivity contribution in [3.63, 3.8) is 0 Å². The summed E-state index contributed by atoms with van der Waals surface area (Å²) in [5, 5.41) is 0. The van der Waals surface area contributed by atoms with E-state index >= 15 is 0 Å². The van der Waals surface area contributed by atoms with E-state index in [0.29, 0.717) is 5.92 Å². The van der Waals surface area contributed by atoms with Crippen LogP contribution in [0.2, 0.25) is 0 Å². The number of hydrogen-bond acceptors (Lipinski definition) is 3. The summed E-state index contributed by atoms with van der Waals surface area (Å²) in [7, 11) is 1.68. The van der Waals surface area contributed by atoms with E-state index in [4.69, 9.17) is 14.5 Å². The van der Waals surface area contributed by atoms with Crippen molar-refractivity contribution in [2.24, 2.45) is 10.9 Å². The van der Waals surface area contributed by atoms with Gasteiger partial charge in [0.15, 0.2) is 0 Å². The molecule has 0 N–H and O–H groups in total. The molecule has 3 nitrogen and oxygen atoms in total. The number of aliphatic imine (C=N–C) groups is 1. The average Bonchev–Trinajstić information content (AvgIpc) is 2.68. The highest BCUT2D eigenvalue weighted by atomic mass is 79.9. The summed E-state index contributed by atoms with van der Waals surface area (Å²) in [5.41, 5.74) is 2.29. The monoisotopic (exact) mass is 399 g/mol. The van der Waals surface area contributed by atoms with E-state index in [1.807, 2.05) is 24.3 Å². The number of ether oxygens (including phenoxy) is 2. The van der Waals surface area contributed by atoms with Gasteiger partial charge in [-0.1, -0.05) is 34.5 Å². The van der Waals surface area contributed by atoms with E-state index in [1.54, 1.807) is 7.11 Å². The highest BCUT2D eigenvalue weighted by molar-refractivity contribution is 9.10. The molecule has 0 radical (unpaired) electrons. The van der Waals surface area contributed by atoms with Crippen LogP contribution in [0.25, 0.3) is 0 Å². The zero-order valence-corrected chi connectivity index (χ0v) is 15.9. The van der Waals surface area contributed by atoms with Gasteiger partial charge in [-0.15, -0.1) is 0 Å². The Kier molecular flexibility index (Phi) is 4.80. The largest absolute Gasteiger partial charge is 0.497 e. The van der Waals surface area contributed by atoms with Gasteiger partial charge in [-0.3, -0.25) is 0 Å². The minimum atomic E-state index is 0.171. The first-order valence-electron chi connectivity index (χ1n) is 8.89. The third-order valence-electron chi connectivity index (χ3n) is 5.23. The number of benzene rings is 2. The molecule has 0 spiro atoms. The molecule has 25 heavy (non-hydrogen) atoms. The van der Waals surface area contributed by atoms with Crippen LogP contribution >= 0.6 is 15.9 Å². The molecule has 0 amide bonds. The molecule has 1 heterocycles. The van der Waals surface area contributed by atoms with Crippen LogP contribution in [0.5, 0.6) is 5.75 Å². The molecule has 4 heteroatoms. The third kappa shape index (κ3) is 3.45. The Balaban J connectivity index is 1.71. The predicted molar refractivity (Wildman–Crippen MR) is 103 cm³/mol. The average molecular weight is 400 g/mol.